The van der Waals surface area contributed by atoms with Gasteiger partial charge in [-0.2, -0.15) is 0 Å². The number of carbonyl (C=O) groups excluding carboxylic acids is 1. The van der Waals surface area contributed by atoms with Gasteiger partial charge in [0.1, 0.15) is 5.60 Å². The van der Waals surface area contributed by atoms with Crippen molar-refractivity contribution in [2.75, 3.05) is 13.1 Å². The maximum absolute atomic E-state index is 12.1. The average Bonchev–Trinajstić information content (AvgIpc) is 2.25. The van der Waals surface area contributed by atoms with Crippen LogP contribution in [0.4, 0.5) is 4.79 Å². The first-order chi connectivity index (χ1) is 7.89. The predicted octanol–water partition coefficient (Wildman–Crippen LogP) is 2.38. The molecule has 1 saturated heterocycles. The van der Waals surface area contributed by atoms with E-state index in [0.29, 0.717) is 6.04 Å². The predicted molar refractivity (Wildman–Crippen MR) is 69.1 cm³/mol. The molecule has 17 heavy (non-hydrogen) atoms. The third-order valence-electron chi connectivity index (χ3n) is 3.11. The fourth-order valence-corrected chi connectivity index (χ4v) is 2.36. The Kier molecular flexibility index (Phi) is 4.80. The SMILES string of the molecule is CC[C@@H]1[C@@H](CC)NCCN1C(=O)OC(C)(C)C. The van der Waals surface area contributed by atoms with E-state index in [-0.39, 0.29) is 12.1 Å². The van der Waals surface area contributed by atoms with E-state index < -0.39 is 5.60 Å². The molecule has 1 amide bonds. The molecule has 1 aliphatic heterocycles. The summed E-state index contributed by atoms with van der Waals surface area (Å²) in [6.45, 7) is 11.6. The van der Waals surface area contributed by atoms with Gasteiger partial charge < -0.3 is 15.0 Å². The zero-order valence-electron chi connectivity index (χ0n) is 11.7. The van der Waals surface area contributed by atoms with E-state index in [0.717, 1.165) is 25.9 Å². The number of rotatable bonds is 2. The molecular formula is C13H26N2O2. The Morgan fingerprint density at radius 1 is 1.35 bits per heavy atom. The van der Waals surface area contributed by atoms with Crippen LogP contribution in [0.25, 0.3) is 0 Å². The summed E-state index contributed by atoms with van der Waals surface area (Å²) in [4.78, 5) is 14.0. The van der Waals surface area contributed by atoms with Crippen LogP contribution in [0.2, 0.25) is 0 Å². The highest BCUT2D eigenvalue weighted by atomic mass is 16.6. The molecule has 1 aliphatic rings. The minimum Gasteiger partial charge on any atom is -0.444 e. The molecular weight excluding hydrogens is 216 g/mol. The van der Waals surface area contributed by atoms with E-state index in [4.69, 9.17) is 4.74 Å². The monoisotopic (exact) mass is 242 g/mol. The van der Waals surface area contributed by atoms with Gasteiger partial charge >= 0.3 is 6.09 Å². The molecule has 1 fully saturated rings. The maximum atomic E-state index is 12.1. The van der Waals surface area contributed by atoms with Crippen molar-refractivity contribution in [3.05, 3.63) is 0 Å². The Labute approximate surface area is 105 Å². The van der Waals surface area contributed by atoms with Crippen LogP contribution in [0, 0.1) is 0 Å². The van der Waals surface area contributed by atoms with E-state index in [1.54, 1.807) is 0 Å². The summed E-state index contributed by atoms with van der Waals surface area (Å²) in [5.41, 5.74) is -0.415. The molecule has 0 radical (unpaired) electrons. The molecule has 1 rings (SSSR count). The third kappa shape index (κ3) is 3.87. The van der Waals surface area contributed by atoms with Crippen molar-refractivity contribution in [2.45, 2.75) is 65.1 Å². The molecule has 4 nitrogen and oxygen atoms in total. The van der Waals surface area contributed by atoms with Gasteiger partial charge in [-0.05, 0) is 33.6 Å². The zero-order chi connectivity index (χ0) is 13.1. The van der Waals surface area contributed by atoms with Crippen molar-refractivity contribution in [1.29, 1.82) is 0 Å². The van der Waals surface area contributed by atoms with E-state index in [1.807, 2.05) is 25.7 Å². The number of hydrogen-bond acceptors (Lipinski definition) is 3. The smallest absolute Gasteiger partial charge is 0.410 e. The van der Waals surface area contributed by atoms with Crippen LogP contribution in [0.5, 0.6) is 0 Å². The second-order valence-electron chi connectivity index (χ2n) is 5.62. The summed E-state index contributed by atoms with van der Waals surface area (Å²) in [6.07, 6.45) is 1.83. The van der Waals surface area contributed by atoms with Gasteiger partial charge in [0.2, 0.25) is 0 Å². The van der Waals surface area contributed by atoms with Crippen LogP contribution in [0.3, 0.4) is 0 Å². The van der Waals surface area contributed by atoms with Crippen molar-refractivity contribution in [1.82, 2.24) is 10.2 Å². The molecule has 4 heteroatoms. The molecule has 0 unspecified atom stereocenters. The summed E-state index contributed by atoms with van der Waals surface area (Å²) < 4.78 is 5.46. The van der Waals surface area contributed by atoms with Crippen molar-refractivity contribution in [2.24, 2.45) is 0 Å². The molecule has 0 aromatic heterocycles. The number of nitrogens with one attached hydrogen (secondary N) is 1. The number of nitrogens with zero attached hydrogens (tertiary/aromatic N) is 1. The van der Waals surface area contributed by atoms with Gasteiger partial charge in [-0.15, -0.1) is 0 Å². The summed E-state index contributed by atoms with van der Waals surface area (Å²) >= 11 is 0. The maximum Gasteiger partial charge on any atom is 0.410 e. The fraction of sp³-hybridized carbons (Fsp3) is 0.923. The second kappa shape index (κ2) is 5.71. The van der Waals surface area contributed by atoms with E-state index in [2.05, 4.69) is 19.2 Å². The normalized spacial score (nSPS) is 25.8. The molecule has 0 aromatic rings. The molecule has 2 atom stereocenters. The third-order valence-corrected chi connectivity index (χ3v) is 3.11. The standard InChI is InChI=1S/C13H26N2O2/c1-6-10-11(7-2)15(9-8-14-10)12(16)17-13(3,4)5/h10-11,14H,6-9H2,1-5H3/t10-,11-/m1/s1. The van der Waals surface area contributed by atoms with Crippen molar-refractivity contribution < 1.29 is 9.53 Å². The molecule has 0 spiro atoms. The lowest BCUT2D eigenvalue weighted by molar-refractivity contribution is 0.00488. The van der Waals surface area contributed by atoms with Gasteiger partial charge in [0, 0.05) is 19.1 Å². The zero-order valence-corrected chi connectivity index (χ0v) is 11.7. The summed E-state index contributed by atoms with van der Waals surface area (Å²) in [5.74, 6) is 0. The molecule has 100 valence electrons. The second-order valence-corrected chi connectivity index (χ2v) is 5.62. The molecule has 0 saturated carbocycles. The number of hydrogen-bond donors (Lipinski definition) is 1. The first kappa shape index (κ1) is 14.3. The topological polar surface area (TPSA) is 41.6 Å². The van der Waals surface area contributed by atoms with Gasteiger partial charge in [0.15, 0.2) is 0 Å². The van der Waals surface area contributed by atoms with E-state index in [9.17, 15) is 4.79 Å². The Hall–Kier alpha value is -0.770. The fourth-order valence-electron chi connectivity index (χ4n) is 2.36. The van der Waals surface area contributed by atoms with Crippen molar-refractivity contribution >= 4 is 6.09 Å². The van der Waals surface area contributed by atoms with Gasteiger partial charge in [0.25, 0.3) is 0 Å². The molecule has 0 aliphatic carbocycles. The number of ether oxygens (including phenoxy) is 1. The lowest BCUT2D eigenvalue weighted by Gasteiger charge is -2.41. The van der Waals surface area contributed by atoms with Gasteiger partial charge in [-0.3, -0.25) is 0 Å². The molecule has 0 aromatic carbocycles. The molecule has 0 bridgehead atoms. The van der Waals surface area contributed by atoms with Gasteiger partial charge in [0.05, 0.1) is 6.04 Å². The minimum absolute atomic E-state index is 0.177. The Morgan fingerprint density at radius 3 is 2.47 bits per heavy atom. The summed E-state index contributed by atoms with van der Waals surface area (Å²) in [5, 5.41) is 3.47. The van der Waals surface area contributed by atoms with Gasteiger partial charge in [-0.1, -0.05) is 13.8 Å². The number of amides is 1. The summed E-state index contributed by atoms with van der Waals surface area (Å²) in [7, 11) is 0. The molecule has 1 heterocycles. The van der Waals surface area contributed by atoms with Crippen molar-refractivity contribution in [3.8, 4) is 0 Å². The van der Waals surface area contributed by atoms with Crippen LogP contribution in [-0.2, 0) is 4.74 Å². The van der Waals surface area contributed by atoms with Crippen LogP contribution in [0.15, 0.2) is 0 Å². The largest absolute Gasteiger partial charge is 0.444 e. The van der Waals surface area contributed by atoms with Crippen LogP contribution in [-0.4, -0.2) is 41.8 Å². The Bertz CT molecular complexity index is 261. The highest BCUT2D eigenvalue weighted by molar-refractivity contribution is 5.68. The van der Waals surface area contributed by atoms with Crippen LogP contribution < -0.4 is 5.32 Å². The highest BCUT2D eigenvalue weighted by Gasteiger charge is 2.34. The summed E-state index contributed by atoms with van der Waals surface area (Å²) in [6, 6.07) is 0.643. The first-order valence-electron chi connectivity index (χ1n) is 6.62. The van der Waals surface area contributed by atoms with Crippen molar-refractivity contribution in [3.63, 3.8) is 0 Å². The Balaban J connectivity index is 2.70. The lowest BCUT2D eigenvalue weighted by atomic mass is 9.99. The Morgan fingerprint density at radius 2 is 2.00 bits per heavy atom. The van der Waals surface area contributed by atoms with E-state index in [1.165, 1.54) is 0 Å². The first-order valence-corrected chi connectivity index (χ1v) is 6.62. The average molecular weight is 242 g/mol. The van der Waals surface area contributed by atoms with Gasteiger partial charge in [-0.25, -0.2) is 4.79 Å². The molecule has 1 N–H and O–H groups in total. The van der Waals surface area contributed by atoms with Crippen LogP contribution >= 0.6 is 0 Å². The lowest BCUT2D eigenvalue weighted by Crippen LogP contribution is -2.59. The highest BCUT2D eigenvalue weighted by Crippen LogP contribution is 2.19. The number of piperazine rings is 1. The quantitative estimate of drug-likeness (QED) is 0.808. The number of carbonyl (C=O) groups is 1. The minimum atomic E-state index is -0.415. The van der Waals surface area contributed by atoms with Crippen LogP contribution in [0.1, 0.15) is 47.5 Å². The van der Waals surface area contributed by atoms with E-state index >= 15 is 0 Å².